The molecule has 6 nitrogen and oxygen atoms in total. The minimum Gasteiger partial charge on any atom is -0.355 e. The van der Waals surface area contributed by atoms with E-state index in [9.17, 15) is 9.59 Å². The van der Waals surface area contributed by atoms with Crippen molar-refractivity contribution in [3.63, 3.8) is 0 Å². The third-order valence-corrected chi connectivity index (χ3v) is 5.36. The van der Waals surface area contributed by atoms with Crippen LogP contribution >= 0.6 is 11.6 Å². The first-order valence-corrected chi connectivity index (χ1v) is 8.42. The second-order valence-electron chi connectivity index (χ2n) is 6.61. The van der Waals surface area contributed by atoms with Crippen LogP contribution in [0.5, 0.6) is 0 Å². The number of nitrogens with one attached hydrogen (secondary N) is 2. The van der Waals surface area contributed by atoms with Crippen LogP contribution in [-0.2, 0) is 17.3 Å². The molecule has 4 rings (SSSR count). The maximum absolute atomic E-state index is 12.6. The fourth-order valence-corrected chi connectivity index (χ4v) is 3.69. The van der Waals surface area contributed by atoms with Gasteiger partial charge in [-0.2, -0.15) is 5.10 Å². The van der Waals surface area contributed by atoms with E-state index in [-0.39, 0.29) is 11.5 Å². The Kier molecular flexibility index (Phi) is 3.47. The molecule has 25 heavy (non-hydrogen) atoms. The van der Waals surface area contributed by atoms with Crippen LogP contribution in [0.1, 0.15) is 18.9 Å². The average molecular weight is 357 g/mol. The van der Waals surface area contributed by atoms with Crippen LogP contribution in [0, 0.1) is 0 Å². The number of rotatable bonds is 2. The second kappa shape index (κ2) is 5.46. The number of nitrogens with zero attached hydrogens (tertiary/aromatic N) is 2. The zero-order valence-electron chi connectivity index (χ0n) is 13.9. The molecule has 1 amide bonds. The number of hydrogen-bond acceptors (Lipinski definition) is 3. The molecule has 128 valence electrons. The van der Waals surface area contributed by atoms with Crippen molar-refractivity contribution >= 4 is 28.4 Å². The molecule has 7 heteroatoms. The summed E-state index contributed by atoms with van der Waals surface area (Å²) in [6.45, 7) is 2.39. The van der Waals surface area contributed by atoms with Gasteiger partial charge >= 0.3 is 0 Å². The molecule has 1 unspecified atom stereocenters. The van der Waals surface area contributed by atoms with Crippen LogP contribution in [0.4, 0.5) is 0 Å². The summed E-state index contributed by atoms with van der Waals surface area (Å²) in [5, 5.41) is 8.44. The highest BCUT2D eigenvalue weighted by Crippen LogP contribution is 2.32. The molecule has 1 saturated heterocycles. The molecule has 2 aromatic heterocycles. The number of H-pyrrole nitrogens is 1. The van der Waals surface area contributed by atoms with Gasteiger partial charge in [-0.15, -0.1) is 0 Å². The van der Waals surface area contributed by atoms with E-state index < -0.39 is 5.41 Å². The van der Waals surface area contributed by atoms with E-state index >= 15 is 0 Å². The highest BCUT2D eigenvalue weighted by Gasteiger charge is 2.41. The predicted octanol–water partition coefficient (Wildman–Crippen LogP) is 2.36. The first-order valence-electron chi connectivity index (χ1n) is 8.04. The Bertz CT molecular complexity index is 1070. The first-order chi connectivity index (χ1) is 11.9. The molecule has 3 aromatic rings. The van der Waals surface area contributed by atoms with Crippen LogP contribution in [0.15, 0.2) is 35.3 Å². The molecular formula is C18H17ClN4O2. The molecule has 2 N–H and O–H groups in total. The molecule has 3 heterocycles. The Labute approximate surface area is 148 Å². The van der Waals surface area contributed by atoms with Gasteiger partial charge in [-0.05, 0) is 31.5 Å². The van der Waals surface area contributed by atoms with Gasteiger partial charge in [0.25, 0.3) is 5.56 Å². The van der Waals surface area contributed by atoms with Crippen molar-refractivity contribution in [3.05, 3.63) is 51.4 Å². The monoisotopic (exact) mass is 356 g/mol. The Morgan fingerprint density at radius 1 is 1.28 bits per heavy atom. The molecular weight excluding hydrogens is 340 g/mol. The standard InChI is InChI=1S/C18H17ClN4O2/c1-18(5-6-20-17(18)25)12-3-4-14(22-16(12)24)10-7-13(19)11-9-21-23(2)15(11)8-10/h3-4,7-9H,5-6H2,1-2H3,(H,20,25)(H,22,24). The summed E-state index contributed by atoms with van der Waals surface area (Å²) in [5.41, 5.74) is 1.79. The van der Waals surface area contributed by atoms with Gasteiger partial charge in [-0.1, -0.05) is 17.7 Å². The number of amides is 1. The average Bonchev–Trinajstić information content (AvgIpc) is 3.12. The van der Waals surface area contributed by atoms with Crippen LogP contribution in [0.3, 0.4) is 0 Å². The largest absolute Gasteiger partial charge is 0.355 e. The summed E-state index contributed by atoms with van der Waals surface area (Å²) in [6, 6.07) is 7.30. The number of hydrogen-bond donors (Lipinski definition) is 2. The van der Waals surface area contributed by atoms with E-state index in [1.807, 2.05) is 19.2 Å². The molecule has 1 atom stereocenters. The van der Waals surface area contributed by atoms with Crippen LogP contribution < -0.4 is 10.9 Å². The number of carbonyl (C=O) groups is 1. The van der Waals surface area contributed by atoms with E-state index in [2.05, 4.69) is 15.4 Å². The van der Waals surface area contributed by atoms with Gasteiger partial charge in [0.2, 0.25) is 5.91 Å². The maximum Gasteiger partial charge on any atom is 0.252 e. The Morgan fingerprint density at radius 3 is 2.76 bits per heavy atom. The number of fused-ring (bicyclic) bond motifs is 1. The lowest BCUT2D eigenvalue weighted by atomic mass is 9.81. The van der Waals surface area contributed by atoms with Gasteiger partial charge in [0, 0.05) is 35.8 Å². The van der Waals surface area contributed by atoms with Crippen molar-refractivity contribution in [2.24, 2.45) is 7.05 Å². The molecule has 1 aliphatic heterocycles. The molecule has 0 aliphatic carbocycles. The lowest BCUT2D eigenvalue weighted by molar-refractivity contribution is -0.123. The van der Waals surface area contributed by atoms with Crippen molar-refractivity contribution in [2.75, 3.05) is 6.54 Å². The van der Waals surface area contributed by atoms with Crippen molar-refractivity contribution in [3.8, 4) is 11.3 Å². The number of benzene rings is 1. The number of pyridine rings is 1. The number of aromatic amines is 1. The Balaban J connectivity index is 1.83. The minimum absolute atomic E-state index is 0.106. The third kappa shape index (κ3) is 2.36. The molecule has 0 spiro atoms. The summed E-state index contributed by atoms with van der Waals surface area (Å²) >= 11 is 6.34. The number of carbonyl (C=O) groups excluding carboxylic acids is 1. The maximum atomic E-state index is 12.6. The summed E-state index contributed by atoms with van der Waals surface area (Å²) in [4.78, 5) is 27.6. The smallest absolute Gasteiger partial charge is 0.252 e. The van der Waals surface area contributed by atoms with Gasteiger partial charge in [0.05, 0.1) is 22.2 Å². The van der Waals surface area contributed by atoms with Crippen LogP contribution in [0.2, 0.25) is 5.02 Å². The van der Waals surface area contributed by atoms with Crippen molar-refractivity contribution in [1.82, 2.24) is 20.1 Å². The quantitative estimate of drug-likeness (QED) is 0.739. The first kappa shape index (κ1) is 15.9. The van der Waals surface area contributed by atoms with Crippen molar-refractivity contribution in [2.45, 2.75) is 18.8 Å². The van der Waals surface area contributed by atoms with E-state index in [4.69, 9.17) is 11.6 Å². The molecule has 0 radical (unpaired) electrons. The third-order valence-electron chi connectivity index (χ3n) is 5.04. The SMILES string of the molecule is Cn1ncc2c(Cl)cc(-c3ccc(C4(C)CCNC4=O)c(=O)[nH]3)cc21. The van der Waals surface area contributed by atoms with Gasteiger partial charge in [0.1, 0.15) is 0 Å². The molecule has 1 fully saturated rings. The highest BCUT2D eigenvalue weighted by atomic mass is 35.5. The number of halogens is 1. The van der Waals surface area contributed by atoms with Crippen LogP contribution in [-0.4, -0.2) is 27.2 Å². The fraction of sp³-hybridized carbons (Fsp3) is 0.278. The van der Waals surface area contributed by atoms with Crippen molar-refractivity contribution < 1.29 is 4.79 Å². The zero-order valence-corrected chi connectivity index (χ0v) is 14.6. The summed E-state index contributed by atoms with van der Waals surface area (Å²) in [6.07, 6.45) is 2.33. The predicted molar refractivity (Wildman–Crippen MR) is 96.8 cm³/mol. The van der Waals surface area contributed by atoms with Gasteiger partial charge in [0.15, 0.2) is 0 Å². The highest BCUT2D eigenvalue weighted by molar-refractivity contribution is 6.35. The lowest BCUT2D eigenvalue weighted by Gasteiger charge is -2.20. The van der Waals surface area contributed by atoms with E-state index in [1.165, 1.54) is 0 Å². The van der Waals surface area contributed by atoms with Crippen LogP contribution in [0.25, 0.3) is 22.2 Å². The minimum atomic E-state index is -0.782. The fourth-order valence-electron chi connectivity index (χ4n) is 3.43. The lowest BCUT2D eigenvalue weighted by Crippen LogP contribution is -2.37. The normalized spacial score (nSPS) is 20.2. The number of aromatic nitrogens is 3. The number of aryl methyl sites for hydroxylation is 1. The molecule has 0 saturated carbocycles. The van der Waals surface area contributed by atoms with Gasteiger partial charge in [-0.3, -0.25) is 14.3 Å². The molecule has 1 aromatic carbocycles. The van der Waals surface area contributed by atoms with E-state index in [0.29, 0.717) is 29.2 Å². The topological polar surface area (TPSA) is 79.8 Å². The van der Waals surface area contributed by atoms with Gasteiger partial charge in [-0.25, -0.2) is 0 Å². The van der Waals surface area contributed by atoms with E-state index in [1.54, 1.807) is 29.9 Å². The zero-order chi connectivity index (χ0) is 17.8. The van der Waals surface area contributed by atoms with E-state index in [0.717, 1.165) is 16.5 Å². The molecule has 1 aliphatic rings. The van der Waals surface area contributed by atoms with Crippen molar-refractivity contribution in [1.29, 1.82) is 0 Å². The summed E-state index contributed by atoms with van der Waals surface area (Å²) in [5.74, 6) is -0.106. The Morgan fingerprint density at radius 2 is 2.08 bits per heavy atom. The van der Waals surface area contributed by atoms with Gasteiger partial charge < -0.3 is 10.3 Å². The second-order valence-corrected chi connectivity index (χ2v) is 7.02. The summed E-state index contributed by atoms with van der Waals surface area (Å²) < 4.78 is 1.74. The molecule has 0 bridgehead atoms. The Hall–Kier alpha value is -2.60. The summed E-state index contributed by atoms with van der Waals surface area (Å²) in [7, 11) is 1.84.